The van der Waals surface area contributed by atoms with Crippen LogP contribution in [0.15, 0.2) is 42.5 Å². The lowest BCUT2D eigenvalue weighted by molar-refractivity contribution is 0.0437. The maximum atomic E-state index is 13.5. The van der Waals surface area contributed by atoms with Gasteiger partial charge in [0, 0.05) is 11.3 Å². The number of ether oxygens (including phenoxy) is 1. The summed E-state index contributed by atoms with van der Waals surface area (Å²) in [6, 6.07) is 12.0. The minimum absolute atomic E-state index is 0.289. The van der Waals surface area contributed by atoms with E-state index in [1.54, 1.807) is 31.2 Å². The average Bonchev–Trinajstić information content (AvgIpc) is 2.72. The van der Waals surface area contributed by atoms with Gasteiger partial charge in [-0.05, 0) is 30.7 Å². The predicted octanol–water partition coefficient (Wildman–Crippen LogP) is 3.42. The molecule has 0 saturated heterocycles. The van der Waals surface area contributed by atoms with Gasteiger partial charge in [-0.3, -0.25) is 0 Å². The molecular formula is C15H12FNO2. The minimum Gasteiger partial charge on any atom is -0.434 e. The summed E-state index contributed by atoms with van der Waals surface area (Å²) in [5, 5.41) is 3.01. The Balaban J connectivity index is 1.89. The number of anilines is 1. The summed E-state index contributed by atoms with van der Waals surface area (Å²) < 4.78 is 18.7. The number of aryl methyl sites for hydroxylation is 1. The molecule has 0 aromatic heterocycles. The van der Waals surface area contributed by atoms with Crippen molar-refractivity contribution in [1.29, 1.82) is 0 Å². The Bertz CT molecular complexity index is 654. The van der Waals surface area contributed by atoms with Crippen molar-refractivity contribution in [3.05, 3.63) is 65.0 Å². The molecule has 3 rings (SSSR count). The standard InChI is InChI=1S/C15H12FNO2/c1-9-6-7-10(8-13(9)16)17-14-11-4-2-3-5-12(11)15(18)19-14/h2-8,14,17H,1H3/t14-/m1/s1. The van der Waals surface area contributed by atoms with Crippen LogP contribution in [0.1, 0.15) is 27.7 Å². The second kappa shape index (κ2) is 4.39. The van der Waals surface area contributed by atoms with E-state index in [1.807, 2.05) is 12.1 Å². The van der Waals surface area contributed by atoms with Crippen molar-refractivity contribution in [3.63, 3.8) is 0 Å². The molecule has 0 radical (unpaired) electrons. The summed E-state index contributed by atoms with van der Waals surface area (Å²) in [6.45, 7) is 1.70. The number of nitrogens with one attached hydrogen (secondary N) is 1. The number of carbonyl (C=O) groups is 1. The van der Waals surface area contributed by atoms with Crippen molar-refractivity contribution >= 4 is 11.7 Å². The molecule has 1 heterocycles. The lowest BCUT2D eigenvalue weighted by Crippen LogP contribution is -2.10. The first-order chi connectivity index (χ1) is 9.15. The van der Waals surface area contributed by atoms with Gasteiger partial charge in [-0.15, -0.1) is 0 Å². The molecule has 2 aromatic rings. The molecule has 0 bridgehead atoms. The molecule has 3 nitrogen and oxygen atoms in total. The Morgan fingerprint density at radius 2 is 2.00 bits per heavy atom. The number of hydrogen-bond donors (Lipinski definition) is 1. The lowest BCUT2D eigenvalue weighted by Gasteiger charge is -2.14. The smallest absolute Gasteiger partial charge is 0.340 e. The van der Waals surface area contributed by atoms with Gasteiger partial charge in [0.05, 0.1) is 5.56 Å². The number of esters is 1. The monoisotopic (exact) mass is 257 g/mol. The largest absolute Gasteiger partial charge is 0.434 e. The van der Waals surface area contributed by atoms with Crippen LogP contribution in [0.3, 0.4) is 0 Å². The Hall–Kier alpha value is -2.36. The highest BCUT2D eigenvalue weighted by Crippen LogP contribution is 2.31. The quantitative estimate of drug-likeness (QED) is 0.838. The van der Waals surface area contributed by atoms with Crippen molar-refractivity contribution in [3.8, 4) is 0 Å². The number of cyclic esters (lactones) is 1. The number of rotatable bonds is 2. The SMILES string of the molecule is Cc1ccc(N[C@@H]2OC(=O)c3ccccc32)cc1F. The van der Waals surface area contributed by atoms with E-state index < -0.39 is 6.23 Å². The molecule has 19 heavy (non-hydrogen) atoms. The second-order valence-corrected chi connectivity index (χ2v) is 4.48. The van der Waals surface area contributed by atoms with E-state index in [2.05, 4.69) is 5.32 Å². The van der Waals surface area contributed by atoms with Crippen LogP contribution in [-0.4, -0.2) is 5.97 Å². The second-order valence-electron chi connectivity index (χ2n) is 4.48. The number of benzene rings is 2. The van der Waals surface area contributed by atoms with Crippen LogP contribution >= 0.6 is 0 Å². The third kappa shape index (κ3) is 2.05. The molecule has 1 aliphatic rings. The molecule has 96 valence electrons. The van der Waals surface area contributed by atoms with Crippen molar-refractivity contribution in [2.75, 3.05) is 5.32 Å². The Labute approximate surface area is 110 Å². The molecule has 0 aliphatic carbocycles. The average molecular weight is 257 g/mol. The Morgan fingerprint density at radius 1 is 1.21 bits per heavy atom. The van der Waals surface area contributed by atoms with Crippen LogP contribution in [0.5, 0.6) is 0 Å². The van der Waals surface area contributed by atoms with Gasteiger partial charge in [-0.25, -0.2) is 9.18 Å². The van der Waals surface area contributed by atoms with Crippen molar-refractivity contribution < 1.29 is 13.9 Å². The topological polar surface area (TPSA) is 38.3 Å². The molecule has 4 heteroatoms. The van der Waals surface area contributed by atoms with Gasteiger partial charge in [-0.1, -0.05) is 24.3 Å². The molecule has 0 amide bonds. The summed E-state index contributed by atoms with van der Waals surface area (Å²) in [5.41, 5.74) is 2.48. The number of halogens is 1. The maximum absolute atomic E-state index is 13.5. The van der Waals surface area contributed by atoms with Crippen LogP contribution in [0.25, 0.3) is 0 Å². The van der Waals surface area contributed by atoms with Crippen LogP contribution in [0.4, 0.5) is 10.1 Å². The fraction of sp³-hybridized carbons (Fsp3) is 0.133. The third-order valence-electron chi connectivity index (χ3n) is 3.16. The Morgan fingerprint density at radius 3 is 2.79 bits per heavy atom. The first-order valence-electron chi connectivity index (χ1n) is 5.98. The van der Waals surface area contributed by atoms with Crippen LogP contribution in [0.2, 0.25) is 0 Å². The highest BCUT2D eigenvalue weighted by atomic mass is 19.1. The van der Waals surface area contributed by atoms with Gasteiger partial charge in [0.25, 0.3) is 0 Å². The van der Waals surface area contributed by atoms with E-state index in [0.717, 1.165) is 5.56 Å². The van der Waals surface area contributed by atoms with Crippen molar-refractivity contribution in [1.82, 2.24) is 0 Å². The molecule has 0 unspecified atom stereocenters. The normalized spacial score (nSPS) is 16.9. The highest BCUT2D eigenvalue weighted by molar-refractivity contribution is 5.94. The van der Waals surface area contributed by atoms with Crippen molar-refractivity contribution in [2.24, 2.45) is 0 Å². The molecule has 2 aromatic carbocycles. The summed E-state index contributed by atoms with van der Waals surface area (Å²) in [6.07, 6.45) is -0.564. The van der Waals surface area contributed by atoms with E-state index in [1.165, 1.54) is 6.07 Å². The molecule has 0 saturated carbocycles. The third-order valence-corrected chi connectivity index (χ3v) is 3.16. The van der Waals surface area contributed by atoms with Crippen molar-refractivity contribution in [2.45, 2.75) is 13.2 Å². The van der Waals surface area contributed by atoms with Crippen LogP contribution < -0.4 is 5.32 Å². The van der Waals surface area contributed by atoms with E-state index in [-0.39, 0.29) is 11.8 Å². The van der Waals surface area contributed by atoms with E-state index >= 15 is 0 Å². The van der Waals surface area contributed by atoms with E-state index in [4.69, 9.17) is 4.74 Å². The number of fused-ring (bicyclic) bond motifs is 1. The summed E-state index contributed by atoms with van der Waals surface area (Å²) in [5.74, 6) is -0.650. The zero-order valence-corrected chi connectivity index (χ0v) is 10.3. The zero-order valence-electron chi connectivity index (χ0n) is 10.3. The Kier molecular flexibility index (Phi) is 2.71. The molecule has 1 N–H and O–H groups in total. The lowest BCUT2D eigenvalue weighted by atomic mass is 10.1. The summed E-state index contributed by atoms with van der Waals surface area (Å²) >= 11 is 0. The molecule has 0 spiro atoms. The van der Waals surface area contributed by atoms with Gasteiger partial charge in [0.1, 0.15) is 5.82 Å². The number of carbonyl (C=O) groups excluding carboxylic acids is 1. The molecular weight excluding hydrogens is 245 g/mol. The predicted molar refractivity (Wildman–Crippen MR) is 69.4 cm³/mol. The van der Waals surface area contributed by atoms with E-state index in [9.17, 15) is 9.18 Å². The van der Waals surface area contributed by atoms with E-state index in [0.29, 0.717) is 16.8 Å². The van der Waals surface area contributed by atoms with Gasteiger partial charge in [0.15, 0.2) is 0 Å². The first kappa shape index (κ1) is 11.7. The van der Waals surface area contributed by atoms with Gasteiger partial charge in [-0.2, -0.15) is 0 Å². The van der Waals surface area contributed by atoms with Gasteiger partial charge >= 0.3 is 5.97 Å². The van der Waals surface area contributed by atoms with Crippen LogP contribution in [0, 0.1) is 12.7 Å². The molecule has 0 fully saturated rings. The van der Waals surface area contributed by atoms with Gasteiger partial charge < -0.3 is 10.1 Å². The van der Waals surface area contributed by atoms with Gasteiger partial charge in [0.2, 0.25) is 6.23 Å². The first-order valence-corrected chi connectivity index (χ1v) is 5.98. The molecule has 1 aliphatic heterocycles. The highest BCUT2D eigenvalue weighted by Gasteiger charge is 2.30. The zero-order chi connectivity index (χ0) is 13.4. The minimum atomic E-state index is -0.564. The number of hydrogen-bond acceptors (Lipinski definition) is 3. The fourth-order valence-electron chi connectivity index (χ4n) is 2.09. The fourth-order valence-corrected chi connectivity index (χ4v) is 2.09. The molecule has 1 atom stereocenters. The summed E-state index contributed by atoms with van der Waals surface area (Å²) in [7, 11) is 0. The maximum Gasteiger partial charge on any atom is 0.340 e. The summed E-state index contributed by atoms with van der Waals surface area (Å²) in [4.78, 5) is 11.7. The van der Waals surface area contributed by atoms with Crippen LogP contribution in [-0.2, 0) is 4.74 Å².